The van der Waals surface area contributed by atoms with Crippen molar-refractivity contribution in [2.24, 2.45) is 4.99 Å². The van der Waals surface area contributed by atoms with Crippen molar-refractivity contribution in [1.82, 2.24) is 20.0 Å². The molecule has 2 heterocycles. The molecular weight excluding hydrogens is 501 g/mol. The third kappa shape index (κ3) is 6.86. The molecule has 0 unspecified atom stereocenters. The highest BCUT2D eigenvalue weighted by molar-refractivity contribution is 14.0. The topological polar surface area (TPSA) is 72.2 Å². The van der Waals surface area contributed by atoms with Crippen LogP contribution < -0.4 is 15.4 Å². The number of hydrogen-bond acceptors (Lipinski definition) is 5. The fourth-order valence-corrected chi connectivity index (χ4v) is 3.45. The van der Waals surface area contributed by atoms with Crippen molar-refractivity contribution >= 4 is 46.2 Å². The summed E-state index contributed by atoms with van der Waals surface area (Å²) in [5.74, 6) is 1.59. The van der Waals surface area contributed by atoms with Crippen molar-refractivity contribution in [3.05, 3.63) is 52.8 Å². The van der Waals surface area contributed by atoms with Gasteiger partial charge < -0.3 is 20.1 Å². The van der Waals surface area contributed by atoms with Crippen LogP contribution >= 0.6 is 35.3 Å². The van der Waals surface area contributed by atoms with Crippen molar-refractivity contribution < 1.29 is 9.47 Å². The van der Waals surface area contributed by atoms with Gasteiger partial charge in [0.25, 0.3) is 0 Å². The molecular formula is C20H28IN5O2S. The number of rotatable bonds is 9. The van der Waals surface area contributed by atoms with E-state index in [1.165, 1.54) is 0 Å². The van der Waals surface area contributed by atoms with Crippen molar-refractivity contribution in [2.75, 3.05) is 26.9 Å². The van der Waals surface area contributed by atoms with E-state index in [2.05, 4.69) is 45.7 Å². The third-order valence-electron chi connectivity index (χ3n) is 4.16. The summed E-state index contributed by atoms with van der Waals surface area (Å²) in [5.41, 5.74) is 3.22. The lowest BCUT2D eigenvalue weighted by Crippen LogP contribution is -2.36. The van der Waals surface area contributed by atoms with Gasteiger partial charge in [-0.1, -0.05) is 12.1 Å². The van der Waals surface area contributed by atoms with Crippen LogP contribution in [0.25, 0.3) is 4.96 Å². The molecule has 0 fully saturated rings. The summed E-state index contributed by atoms with van der Waals surface area (Å²) >= 11 is 1.62. The summed E-state index contributed by atoms with van der Waals surface area (Å²) in [6.07, 6.45) is 4.03. The standard InChI is InChI=1S/C20H27N5O2S.HI/c1-4-26-8-9-27-18-11-15(2)5-6-16(18)12-22-19(21-3)23-13-17-14-25-7-10-28-20(25)24-17;/h5-7,10-11,14H,4,8-9,12-13H2,1-3H3,(H2,21,22,23);1H. The van der Waals surface area contributed by atoms with Crippen molar-refractivity contribution in [3.63, 3.8) is 0 Å². The molecule has 3 rings (SSSR count). The quantitative estimate of drug-likeness (QED) is 0.192. The average molecular weight is 529 g/mol. The van der Waals surface area contributed by atoms with Gasteiger partial charge in [0, 0.05) is 43.5 Å². The molecule has 0 aliphatic heterocycles. The van der Waals surface area contributed by atoms with E-state index >= 15 is 0 Å². The summed E-state index contributed by atoms with van der Waals surface area (Å²) in [6.45, 7) is 7.08. The first kappa shape index (κ1) is 23.4. The Hall–Kier alpha value is -1.85. The van der Waals surface area contributed by atoms with Gasteiger partial charge in [0.1, 0.15) is 12.4 Å². The molecule has 2 N–H and O–H groups in total. The van der Waals surface area contributed by atoms with E-state index in [1.54, 1.807) is 18.4 Å². The van der Waals surface area contributed by atoms with Gasteiger partial charge in [0.2, 0.25) is 0 Å². The molecule has 1 aromatic carbocycles. The van der Waals surface area contributed by atoms with Crippen LogP contribution in [-0.2, 0) is 17.8 Å². The van der Waals surface area contributed by atoms with Crippen molar-refractivity contribution in [1.29, 1.82) is 0 Å². The number of aromatic nitrogens is 2. The minimum Gasteiger partial charge on any atom is -0.491 e. The number of nitrogens with zero attached hydrogens (tertiary/aromatic N) is 3. The zero-order valence-corrected chi connectivity index (χ0v) is 20.1. The van der Waals surface area contributed by atoms with Gasteiger partial charge in [-0.2, -0.15) is 0 Å². The predicted molar refractivity (Wildman–Crippen MR) is 129 cm³/mol. The summed E-state index contributed by atoms with van der Waals surface area (Å²) in [7, 11) is 1.76. The zero-order valence-electron chi connectivity index (χ0n) is 17.0. The number of aliphatic imine (C=N–C) groups is 1. The number of benzene rings is 1. The summed E-state index contributed by atoms with van der Waals surface area (Å²) in [4.78, 5) is 9.86. The van der Waals surface area contributed by atoms with Crippen LogP contribution in [0.1, 0.15) is 23.7 Å². The fraction of sp³-hybridized carbons (Fsp3) is 0.400. The Bertz CT molecular complexity index is 896. The smallest absolute Gasteiger partial charge is 0.193 e. The van der Waals surface area contributed by atoms with Gasteiger partial charge in [-0.05, 0) is 25.5 Å². The number of fused-ring (bicyclic) bond motifs is 1. The van der Waals surface area contributed by atoms with E-state index in [4.69, 9.17) is 9.47 Å². The van der Waals surface area contributed by atoms with Crippen molar-refractivity contribution in [3.8, 4) is 5.75 Å². The summed E-state index contributed by atoms with van der Waals surface area (Å²) in [5, 5.41) is 8.67. The number of halogens is 1. The minimum atomic E-state index is 0. The number of guanidine groups is 1. The van der Waals surface area contributed by atoms with Gasteiger partial charge in [-0.25, -0.2) is 4.98 Å². The Morgan fingerprint density at radius 1 is 1.24 bits per heavy atom. The van der Waals surface area contributed by atoms with Crippen LogP contribution in [0, 0.1) is 6.92 Å². The molecule has 0 radical (unpaired) electrons. The maximum atomic E-state index is 5.90. The lowest BCUT2D eigenvalue weighted by molar-refractivity contribution is 0.110. The van der Waals surface area contributed by atoms with E-state index in [-0.39, 0.29) is 24.0 Å². The Labute approximate surface area is 192 Å². The molecule has 0 bridgehead atoms. The molecule has 2 aromatic heterocycles. The second-order valence-electron chi connectivity index (χ2n) is 6.26. The normalized spacial score (nSPS) is 11.3. The average Bonchev–Trinajstić information content (AvgIpc) is 3.28. The first-order chi connectivity index (χ1) is 13.7. The molecule has 0 spiro atoms. The van der Waals surface area contributed by atoms with Gasteiger partial charge in [0.15, 0.2) is 10.9 Å². The maximum Gasteiger partial charge on any atom is 0.193 e. The minimum absolute atomic E-state index is 0. The molecule has 0 saturated heterocycles. The molecule has 7 nitrogen and oxygen atoms in total. The SMILES string of the molecule is CCOCCOc1cc(C)ccc1CNC(=NC)NCc1cn2ccsc2n1.I. The van der Waals surface area contributed by atoms with Crippen LogP contribution in [0.4, 0.5) is 0 Å². The maximum absolute atomic E-state index is 5.90. The predicted octanol–water partition coefficient (Wildman–Crippen LogP) is 3.60. The molecule has 158 valence electrons. The molecule has 3 aromatic rings. The van der Waals surface area contributed by atoms with Gasteiger partial charge in [-0.15, -0.1) is 35.3 Å². The monoisotopic (exact) mass is 529 g/mol. The van der Waals surface area contributed by atoms with E-state index < -0.39 is 0 Å². The number of thiazole rings is 1. The Kier molecular flexibility index (Phi) is 9.68. The fourth-order valence-electron chi connectivity index (χ4n) is 2.73. The highest BCUT2D eigenvalue weighted by Gasteiger charge is 2.07. The lowest BCUT2D eigenvalue weighted by atomic mass is 10.1. The number of hydrogen-bond donors (Lipinski definition) is 2. The Morgan fingerprint density at radius 2 is 2.07 bits per heavy atom. The Balaban J connectivity index is 0.00000300. The highest BCUT2D eigenvalue weighted by atomic mass is 127. The van der Waals surface area contributed by atoms with Crippen LogP contribution in [-0.4, -0.2) is 42.2 Å². The summed E-state index contributed by atoms with van der Waals surface area (Å²) in [6, 6.07) is 6.21. The molecule has 0 aliphatic rings. The van der Waals surface area contributed by atoms with Gasteiger partial charge >= 0.3 is 0 Å². The first-order valence-electron chi connectivity index (χ1n) is 9.35. The largest absolute Gasteiger partial charge is 0.491 e. The number of aryl methyl sites for hydroxylation is 1. The number of imidazole rings is 1. The first-order valence-corrected chi connectivity index (χ1v) is 10.2. The molecule has 9 heteroatoms. The van der Waals surface area contributed by atoms with Crippen LogP contribution in [0.5, 0.6) is 5.75 Å². The van der Waals surface area contributed by atoms with E-state index in [9.17, 15) is 0 Å². The molecule has 29 heavy (non-hydrogen) atoms. The summed E-state index contributed by atoms with van der Waals surface area (Å²) < 4.78 is 13.3. The Morgan fingerprint density at radius 3 is 2.83 bits per heavy atom. The second kappa shape index (κ2) is 12.0. The lowest BCUT2D eigenvalue weighted by Gasteiger charge is -2.15. The second-order valence-corrected chi connectivity index (χ2v) is 7.13. The van der Waals surface area contributed by atoms with Crippen LogP contribution in [0.15, 0.2) is 41.0 Å². The molecule has 0 amide bonds. The van der Waals surface area contributed by atoms with E-state index in [1.807, 2.05) is 29.1 Å². The number of ether oxygens (including phenoxy) is 2. The van der Waals surface area contributed by atoms with Crippen LogP contribution in [0.2, 0.25) is 0 Å². The third-order valence-corrected chi connectivity index (χ3v) is 4.93. The van der Waals surface area contributed by atoms with E-state index in [0.29, 0.717) is 32.9 Å². The highest BCUT2D eigenvalue weighted by Crippen LogP contribution is 2.20. The number of nitrogens with one attached hydrogen (secondary N) is 2. The molecule has 0 saturated carbocycles. The van der Waals surface area contributed by atoms with Crippen molar-refractivity contribution in [2.45, 2.75) is 26.9 Å². The van der Waals surface area contributed by atoms with Gasteiger partial charge in [-0.3, -0.25) is 9.39 Å². The van der Waals surface area contributed by atoms with E-state index in [0.717, 1.165) is 33.5 Å². The molecule has 0 aliphatic carbocycles. The molecule has 0 atom stereocenters. The zero-order chi connectivity index (χ0) is 19.8. The van der Waals surface area contributed by atoms with Gasteiger partial charge in [0.05, 0.1) is 18.8 Å². The van der Waals surface area contributed by atoms with Crippen LogP contribution in [0.3, 0.4) is 0 Å².